The minimum Gasteiger partial charge on any atom is -0.342 e. The molecular weight excluding hydrogens is 254 g/mol. The highest BCUT2D eigenvalue weighted by Crippen LogP contribution is 2.21. The van der Waals surface area contributed by atoms with Crippen molar-refractivity contribution in [1.29, 1.82) is 0 Å². The molecule has 1 atom stereocenters. The second-order valence-corrected chi connectivity index (χ2v) is 6.41. The Bertz CT molecular complexity index is 362. The molecule has 0 spiro atoms. The van der Waals surface area contributed by atoms with Crippen LogP contribution in [0.1, 0.15) is 26.7 Å². The molecule has 2 heterocycles. The van der Waals surface area contributed by atoms with E-state index in [1.807, 2.05) is 23.6 Å². The van der Waals surface area contributed by atoms with E-state index in [0.717, 1.165) is 45.6 Å². The van der Waals surface area contributed by atoms with Gasteiger partial charge in [0.1, 0.15) is 0 Å². The van der Waals surface area contributed by atoms with E-state index < -0.39 is 0 Å². The first-order chi connectivity index (χ1) is 9.49. The first-order valence-corrected chi connectivity index (χ1v) is 7.75. The number of hydrogen-bond acceptors (Lipinski definition) is 3. The number of carbonyl (C=O) groups is 2. The summed E-state index contributed by atoms with van der Waals surface area (Å²) in [4.78, 5) is 30.8. The van der Waals surface area contributed by atoms with Crippen LogP contribution in [0.4, 0.5) is 0 Å². The summed E-state index contributed by atoms with van der Waals surface area (Å²) < 4.78 is 0. The summed E-state index contributed by atoms with van der Waals surface area (Å²) in [6.07, 6.45) is 1.87. The number of piperidine rings is 1. The smallest absolute Gasteiger partial charge is 0.227 e. The topological polar surface area (TPSA) is 43.9 Å². The first-order valence-electron chi connectivity index (χ1n) is 7.75. The summed E-state index contributed by atoms with van der Waals surface area (Å²) in [6.45, 7) is 8.82. The molecule has 0 aromatic carbocycles. The van der Waals surface area contributed by atoms with Crippen LogP contribution in [0.3, 0.4) is 0 Å². The van der Waals surface area contributed by atoms with Gasteiger partial charge >= 0.3 is 0 Å². The van der Waals surface area contributed by atoms with E-state index in [0.29, 0.717) is 6.54 Å². The Morgan fingerprint density at radius 2 is 1.65 bits per heavy atom. The number of carbonyl (C=O) groups excluding carboxylic acids is 2. The molecule has 0 bridgehead atoms. The SMILES string of the molecule is CC(C)C(=O)N1CCCC(C(=O)N2CCN(C)CC2)C1. The van der Waals surface area contributed by atoms with E-state index in [9.17, 15) is 9.59 Å². The average Bonchev–Trinajstić information content (AvgIpc) is 2.46. The van der Waals surface area contributed by atoms with E-state index in [1.165, 1.54) is 0 Å². The number of likely N-dealkylation sites (N-methyl/N-ethyl adjacent to an activating group) is 1. The molecule has 2 amide bonds. The summed E-state index contributed by atoms with van der Waals surface area (Å²) in [6, 6.07) is 0. The van der Waals surface area contributed by atoms with E-state index in [2.05, 4.69) is 11.9 Å². The second kappa shape index (κ2) is 6.57. The third-order valence-corrected chi connectivity index (χ3v) is 4.39. The lowest BCUT2D eigenvalue weighted by atomic mass is 9.95. The van der Waals surface area contributed by atoms with Crippen LogP contribution >= 0.6 is 0 Å². The van der Waals surface area contributed by atoms with Crippen LogP contribution in [0, 0.1) is 11.8 Å². The lowest BCUT2D eigenvalue weighted by Crippen LogP contribution is -2.52. The molecule has 0 radical (unpaired) electrons. The molecule has 2 rings (SSSR count). The number of nitrogens with zero attached hydrogens (tertiary/aromatic N) is 3. The summed E-state index contributed by atoms with van der Waals surface area (Å²) >= 11 is 0. The van der Waals surface area contributed by atoms with Crippen LogP contribution in [-0.4, -0.2) is 72.8 Å². The largest absolute Gasteiger partial charge is 0.342 e. The van der Waals surface area contributed by atoms with Gasteiger partial charge in [0.05, 0.1) is 5.92 Å². The van der Waals surface area contributed by atoms with Crippen LogP contribution in [0.2, 0.25) is 0 Å². The molecule has 0 aliphatic carbocycles. The molecular formula is C15H27N3O2. The molecule has 0 N–H and O–H groups in total. The van der Waals surface area contributed by atoms with Gasteiger partial charge in [0.15, 0.2) is 0 Å². The normalized spacial score (nSPS) is 25.1. The molecule has 2 saturated heterocycles. The standard InChI is InChI=1S/C15H27N3O2/c1-12(2)14(19)18-6-4-5-13(11-18)15(20)17-9-7-16(3)8-10-17/h12-13H,4-11H2,1-3H3. The fourth-order valence-electron chi connectivity index (χ4n) is 3.03. The number of piperazine rings is 1. The summed E-state index contributed by atoms with van der Waals surface area (Å²) in [5, 5.41) is 0. The van der Waals surface area contributed by atoms with Gasteiger partial charge in [-0.05, 0) is 19.9 Å². The van der Waals surface area contributed by atoms with Crippen molar-refractivity contribution < 1.29 is 9.59 Å². The van der Waals surface area contributed by atoms with Gasteiger partial charge in [-0.15, -0.1) is 0 Å². The number of rotatable bonds is 2. The Morgan fingerprint density at radius 1 is 1.00 bits per heavy atom. The van der Waals surface area contributed by atoms with E-state index in [1.54, 1.807) is 0 Å². The molecule has 114 valence electrons. The van der Waals surface area contributed by atoms with Gasteiger partial charge in [-0.25, -0.2) is 0 Å². The quantitative estimate of drug-likeness (QED) is 0.747. The summed E-state index contributed by atoms with van der Waals surface area (Å²) in [5.41, 5.74) is 0. The Kier molecular flexibility index (Phi) is 5.02. The van der Waals surface area contributed by atoms with Gasteiger partial charge in [0.25, 0.3) is 0 Å². The van der Waals surface area contributed by atoms with Gasteiger partial charge < -0.3 is 14.7 Å². The van der Waals surface area contributed by atoms with Gasteiger partial charge in [0, 0.05) is 45.2 Å². The van der Waals surface area contributed by atoms with Crippen molar-refractivity contribution in [3.8, 4) is 0 Å². The van der Waals surface area contributed by atoms with Crippen LogP contribution in [-0.2, 0) is 9.59 Å². The summed E-state index contributed by atoms with van der Waals surface area (Å²) in [5.74, 6) is 0.461. The van der Waals surface area contributed by atoms with E-state index in [-0.39, 0.29) is 23.7 Å². The van der Waals surface area contributed by atoms with Crippen molar-refractivity contribution in [3.05, 3.63) is 0 Å². The van der Waals surface area contributed by atoms with Crippen molar-refractivity contribution in [2.45, 2.75) is 26.7 Å². The van der Waals surface area contributed by atoms with E-state index in [4.69, 9.17) is 0 Å². The molecule has 1 unspecified atom stereocenters. The Balaban J connectivity index is 1.91. The molecule has 5 heteroatoms. The second-order valence-electron chi connectivity index (χ2n) is 6.41. The third kappa shape index (κ3) is 3.51. The average molecular weight is 281 g/mol. The zero-order valence-electron chi connectivity index (χ0n) is 13.0. The van der Waals surface area contributed by atoms with Crippen LogP contribution in [0.5, 0.6) is 0 Å². The highest BCUT2D eigenvalue weighted by atomic mass is 16.2. The van der Waals surface area contributed by atoms with Gasteiger partial charge in [0.2, 0.25) is 11.8 Å². The Morgan fingerprint density at radius 3 is 2.25 bits per heavy atom. The van der Waals surface area contributed by atoms with Crippen LogP contribution < -0.4 is 0 Å². The third-order valence-electron chi connectivity index (χ3n) is 4.39. The zero-order valence-corrected chi connectivity index (χ0v) is 13.0. The maximum atomic E-state index is 12.6. The monoisotopic (exact) mass is 281 g/mol. The summed E-state index contributed by atoms with van der Waals surface area (Å²) in [7, 11) is 2.09. The molecule has 2 aliphatic rings. The van der Waals surface area contributed by atoms with Crippen LogP contribution in [0.15, 0.2) is 0 Å². The van der Waals surface area contributed by atoms with Crippen LogP contribution in [0.25, 0.3) is 0 Å². The molecule has 5 nitrogen and oxygen atoms in total. The lowest BCUT2D eigenvalue weighted by Gasteiger charge is -2.38. The molecule has 0 saturated carbocycles. The molecule has 0 aromatic heterocycles. The minimum absolute atomic E-state index is 0.00913. The zero-order chi connectivity index (χ0) is 14.7. The van der Waals surface area contributed by atoms with Crippen molar-refractivity contribution in [2.24, 2.45) is 11.8 Å². The fraction of sp³-hybridized carbons (Fsp3) is 0.867. The highest BCUT2D eigenvalue weighted by molar-refractivity contribution is 5.82. The number of likely N-dealkylation sites (tertiary alicyclic amines) is 1. The van der Waals surface area contributed by atoms with Crippen molar-refractivity contribution >= 4 is 11.8 Å². The molecule has 0 aromatic rings. The number of amides is 2. The van der Waals surface area contributed by atoms with Crippen molar-refractivity contribution in [1.82, 2.24) is 14.7 Å². The first kappa shape index (κ1) is 15.3. The highest BCUT2D eigenvalue weighted by Gasteiger charge is 2.32. The van der Waals surface area contributed by atoms with E-state index >= 15 is 0 Å². The molecule has 20 heavy (non-hydrogen) atoms. The number of hydrogen-bond donors (Lipinski definition) is 0. The van der Waals surface area contributed by atoms with Gasteiger partial charge in [-0.1, -0.05) is 13.8 Å². The fourth-order valence-corrected chi connectivity index (χ4v) is 3.03. The Hall–Kier alpha value is -1.10. The Labute approximate surface area is 121 Å². The predicted molar refractivity (Wildman–Crippen MR) is 78.2 cm³/mol. The van der Waals surface area contributed by atoms with Gasteiger partial charge in [-0.3, -0.25) is 9.59 Å². The maximum Gasteiger partial charge on any atom is 0.227 e. The molecule has 2 aliphatic heterocycles. The minimum atomic E-state index is 0.00913. The predicted octanol–water partition coefficient (Wildman–Crippen LogP) is 0.655. The maximum absolute atomic E-state index is 12.6. The lowest BCUT2D eigenvalue weighted by molar-refractivity contribution is -0.143. The molecule has 2 fully saturated rings. The van der Waals surface area contributed by atoms with Crippen molar-refractivity contribution in [2.75, 3.05) is 46.3 Å². The van der Waals surface area contributed by atoms with Crippen molar-refractivity contribution in [3.63, 3.8) is 0 Å². The van der Waals surface area contributed by atoms with Gasteiger partial charge in [-0.2, -0.15) is 0 Å².